The second kappa shape index (κ2) is 7.31. The second-order valence-electron chi connectivity index (χ2n) is 3.00. The monoisotopic (exact) mass is 248 g/mol. The summed E-state index contributed by atoms with van der Waals surface area (Å²) in [7, 11) is 0. The van der Waals surface area contributed by atoms with Gasteiger partial charge in [0.1, 0.15) is 0 Å². The number of esters is 1. The predicted molar refractivity (Wildman–Crippen MR) is 59.2 cm³/mol. The average Bonchev–Trinajstić information content (AvgIpc) is 2.21. The number of benzene rings is 1. The van der Waals surface area contributed by atoms with Gasteiger partial charge < -0.3 is 31.0 Å². The molecular formula is C10H16O7. The van der Waals surface area contributed by atoms with E-state index in [1.165, 1.54) is 0 Å². The highest BCUT2D eigenvalue weighted by atomic mass is 16.5. The van der Waals surface area contributed by atoms with Crippen molar-refractivity contribution in [2.45, 2.75) is 13.3 Å². The molecule has 1 aromatic rings. The van der Waals surface area contributed by atoms with E-state index in [9.17, 15) is 4.79 Å². The van der Waals surface area contributed by atoms with Crippen LogP contribution < -0.4 is 0 Å². The number of carbonyl (C=O) groups is 1. The van der Waals surface area contributed by atoms with E-state index in [-0.39, 0.29) is 23.1 Å². The summed E-state index contributed by atoms with van der Waals surface area (Å²) in [6.45, 7) is 2.11. The molecule has 0 atom stereocenters. The minimum Gasteiger partial charge on any atom is -0.504 e. The fourth-order valence-corrected chi connectivity index (χ4v) is 1.00. The topological polar surface area (TPSA) is 150 Å². The van der Waals surface area contributed by atoms with Gasteiger partial charge >= 0.3 is 5.97 Å². The molecule has 0 amide bonds. The first-order valence-electron chi connectivity index (χ1n) is 4.48. The van der Waals surface area contributed by atoms with Crippen molar-refractivity contribution in [1.29, 1.82) is 0 Å². The van der Waals surface area contributed by atoms with Crippen molar-refractivity contribution in [2.75, 3.05) is 6.61 Å². The van der Waals surface area contributed by atoms with Crippen LogP contribution in [0.5, 0.6) is 17.2 Å². The minimum atomic E-state index is -0.651. The van der Waals surface area contributed by atoms with E-state index in [0.717, 1.165) is 12.1 Å². The van der Waals surface area contributed by atoms with E-state index in [1.54, 1.807) is 0 Å². The number of rotatable bonds is 3. The molecule has 17 heavy (non-hydrogen) atoms. The van der Waals surface area contributed by atoms with Crippen LogP contribution >= 0.6 is 0 Å². The van der Waals surface area contributed by atoms with Crippen molar-refractivity contribution >= 4 is 5.97 Å². The van der Waals surface area contributed by atoms with Crippen molar-refractivity contribution in [3.63, 3.8) is 0 Å². The van der Waals surface area contributed by atoms with Crippen LogP contribution in [0.2, 0.25) is 0 Å². The normalized spacial score (nSPS) is 8.76. The maximum atomic E-state index is 11.3. The van der Waals surface area contributed by atoms with Crippen LogP contribution in [0.15, 0.2) is 12.1 Å². The molecule has 98 valence electrons. The van der Waals surface area contributed by atoms with Crippen molar-refractivity contribution in [2.24, 2.45) is 0 Å². The fourth-order valence-electron chi connectivity index (χ4n) is 1.00. The fraction of sp³-hybridized carbons (Fsp3) is 0.300. The Labute approximate surface area is 97.5 Å². The average molecular weight is 248 g/mol. The number of hydrogen-bond acceptors (Lipinski definition) is 5. The van der Waals surface area contributed by atoms with Gasteiger partial charge in [-0.25, -0.2) is 4.79 Å². The molecule has 0 heterocycles. The summed E-state index contributed by atoms with van der Waals surface area (Å²) in [5, 5.41) is 27.3. The Kier molecular flexibility index (Phi) is 7.49. The molecule has 0 aliphatic rings. The standard InChI is InChI=1S/C10H12O5.2H2O/c1-2-3-15-10(14)6-4-7(11)9(13)8(12)5-6;;/h4-5,11-13H,2-3H2,1H3;2*1H2. The van der Waals surface area contributed by atoms with Crippen molar-refractivity contribution < 1.29 is 35.8 Å². The highest BCUT2D eigenvalue weighted by Crippen LogP contribution is 2.35. The van der Waals surface area contributed by atoms with Crippen LogP contribution in [0.4, 0.5) is 0 Å². The molecule has 1 rings (SSSR count). The first-order valence-corrected chi connectivity index (χ1v) is 4.48. The lowest BCUT2D eigenvalue weighted by Crippen LogP contribution is -2.05. The molecule has 0 bridgehead atoms. The molecule has 7 heteroatoms. The van der Waals surface area contributed by atoms with E-state index in [2.05, 4.69) is 0 Å². The molecular weight excluding hydrogens is 232 g/mol. The van der Waals surface area contributed by atoms with Crippen LogP contribution in [-0.2, 0) is 4.74 Å². The molecule has 0 aliphatic heterocycles. The molecule has 0 unspecified atom stereocenters. The zero-order chi connectivity index (χ0) is 11.4. The van der Waals surface area contributed by atoms with Gasteiger partial charge in [-0.15, -0.1) is 0 Å². The molecule has 0 saturated heterocycles. The highest BCUT2D eigenvalue weighted by molar-refractivity contribution is 5.91. The molecule has 0 fully saturated rings. The Balaban J connectivity index is 0. The van der Waals surface area contributed by atoms with E-state index in [4.69, 9.17) is 20.1 Å². The summed E-state index contributed by atoms with van der Waals surface area (Å²) in [5.41, 5.74) is -0.00347. The summed E-state index contributed by atoms with van der Waals surface area (Å²) in [5.74, 6) is -2.42. The lowest BCUT2D eigenvalue weighted by atomic mass is 10.2. The van der Waals surface area contributed by atoms with Crippen molar-refractivity contribution in [1.82, 2.24) is 0 Å². The summed E-state index contributed by atoms with van der Waals surface area (Å²) in [6, 6.07) is 2.07. The van der Waals surface area contributed by atoms with E-state index < -0.39 is 23.2 Å². The number of aromatic hydroxyl groups is 3. The molecule has 0 aliphatic carbocycles. The SMILES string of the molecule is CCCOC(=O)c1cc(O)c(O)c(O)c1.O.O. The van der Waals surface area contributed by atoms with E-state index in [0.29, 0.717) is 6.42 Å². The molecule has 0 saturated carbocycles. The summed E-state index contributed by atoms with van der Waals surface area (Å²) >= 11 is 0. The summed E-state index contributed by atoms with van der Waals surface area (Å²) < 4.78 is 4.78. The second-order valence-corrected chi connectivity index (χ2v) is 3.00. The van der Waals surface area contributed by atoms with E-state index in [1.807, 2.05) is 6.92 Å². The largest absolute Gasteiger partial charge is 0.504 e. The van der Waals surface area contributed by atoms with Crippen LogP contribution in [-0.4, -0.2) is 38.8 Å². The van der Waals surface area contributed by atoms with Gasteiger partial charge in [0.15, 0.2) is 17.2 Å². The summed E-state index contributed by atoms with van der Waals surface area (Å²) in [4.78, 5) is 11.3. The van der Waals surface area contributed by atoms with Gasteiger partial charge in [0, 0.05) is 0 Å². The predicted octanol–water partition coefficient (Wildman–Crippen LogP) is -0.279. The third-order valence-electron chi connectivity index (χ3n) is 1.74. The van der Waals surface area contributed by atoms with Crippen LogP contribution in [0, 0.1) is 0 Å². The number of phenolic OH excluding ortho intramolecular Hbond substituents is 3. The zero-order valence-electron chi connectivity index (χ0n) is 9.23. The van der Waals surface area contributed by atoms with E-state index >= 15 is 0 Å². The Hall–Kier alpha value is -1.99. The number of hydrogen-bond donors (Lipinski definition) is 3. The zero-order valence-corrected chi connectivity index (χ0v) is 9.23. The third kappa shape index (κ3) is 4.17. The van der Waals surface area contributed by atoms with Gasteiger partial charge in [0.2, 0.25) is 0 Å². The van der Waals surface area contributed by atoms with Gasteiger partial charge in [-0.3, -0.25) is 0 Å². The molecule has 0 spiro atoms. The molecule has 7 nitrogen and oxygen atoms in total. The molecule has 0 aromatic heterocycles. The van der Waals surface area contributed by atoms with Crippen LogP contribution in [0.25, 0.3) is 0 Å². The Morgan fingerprint density at radius 2 is 1.65 bits per heavy atom. The Bertz CT molecular complexity index is 352. The maximum absolute atomic E-state index is 11.3. The Morgan fingerprint density at radius 1 is 1.18 bits per heavy atom. The first kappa shape index (κ1) is 17.4. The maximum Gasteiger partial charge on any atom is 0.338 e. The number of phenols is 3. The quantitative estimate of drug-likeness (QED) is 0.496. The van der Waals surface area contributed by atoms with Gasteiger partial charge in [0.25, 0.3) is 0 Å². The number of ether oxygens (including phenoxy) is 1. The smallest absolute Gasteiger partial charge is 0.338 e. The molecule has 1 aromatic carbocycles. The lowest BCUT2D eigenvalue weighted by molar-refractivity contribution is 0.0504. The van der Waals surface area contributed by atoms with Gasteiger partial charge in [-0.2, -0.15) is 0 Å². The van der Waals surface area contributed by atoms with Gasteiger partial charge in [0.05, 0.1) is 12.2 Å². The van der Waals surface area contributed by atoms with Crippen LogP contribution in [0.1, 0.15) is 23.7 Å². The number of carbonyl (C=O) groups excluding carboxylic acids is 1. The van der Waals surface area contributed by atoms with Crippen molar-refractivity contribution in [3.8, 4) is 17.2 Å². The Morgan fingerprint density at radius 3 is 2.06 bits per heavy atom. The summed E-state index contributed by atoms with van der Waals surface area (Å²) in [6.07, 6.45) is 0.682. The first-order chi connectivity index (χ1) is 7.06. The van der Waals surface area contributed by atoms with Gasteiger partial charge in [-0.1, -0.05) is 6.92 Å². The molecule has 7 N–H and O–H groups in total. The van der Waals surface area contributed by atoms with Gasteiger partial charge in [-0.05, 0) is 18.6 Å². The minimum absolute atomic E-state index is 0. The highest BCUT2D eigenvalue weighted by Gasteiger charge is 2.13. The van der Waals surface area contributed by atoms with Crippen LogP contribution in [0.3, 0.4) is 0 Å². The third-order valence-corrected chi connectivity index (χ3v) is 1.74. The lowest BCUT2D eigenvalue weighted by Gasteiger charge is -2.05. The van der Waals surface area contributed by atoms with Crippen molar-refractivity contribution in [3.05, 3.63) is 17.7 Å². The molecule has 0 radical (unpaired) electrons.